The van der Waals surface area contributed by atoms with E-state index in [0.717, 1.165) is 0 Å². The Bertz CT molecular complexity index is 1130. The van der Waals surface area contributed by atoms with Gasteiger partial charge < -0.3 is 10.1 Å². The largest absolute Gasteiger partial charge is 0.497 e. The summed E-state index contributed by atoms with van der Waals surface area (Å²) in [4.78, 5) is 12.6. The van der Waals surface area contributed by atoms with E-state index in [4.69, 9.17) is 4.74 Å². The predicted octanol–water partition coefficient (Wildman–Crippen LogP) is 4.20. The van der Waals surface area contributed by atoms with Crippen molar-refractivity contribution < 1.29 is 22.3 Å². The van der Waals surface area contributed by atoms with E-state index < -0.39 is 21.7 Å². The highest BCUT2D eigenvalue weighted by Crippen LogP contribution is 2.29. The Balaban J connectivity index is 1.89. The van der Waals surface area contributed by atoms with Gasteiger partial charge in [-0.3, -0.25) is 9.52 Å². The number of hydrogen-bond donors (Lipinski definition) is 2. The average Bonchev–Trinajstić information content (AvgIpc) is 2.71. The lowest BCUT2D eigenvalue weighted by molar-refractivity contribution is 0.102. The number of carbonyl (C=O) groups excluding carboxylic acids is 1. The Kier molecular flexibility index (Phi) is 5.84. The van der Waals surface area contributed by atoms with Crippen LogP contribution in [-0.2, 0) is 10.0 Å². The van der Waals surface area contributed by atoms with Crippen molar-refractivity contribution >= 4 is 27.3 Å². The minimum absolute atomic E-state index is 0.0515. The summed E-state index contributed by atoms with van der Waals surface area (Å²) in [6.45, 7) is 1.74. The monoisotopic (exact) mass is 414 g/mol. The molecule has 3 aromatic rings. The van der Waals surface area contributed by atoms with Gasteiger partial charge in [0.1, 0.15) is 11.6 Å². The fraction of sp³-hybridized carbons (Fsp3) is 0.0952. The molecule has 150 valence electrons. The third-order valence-corrected chi connectivity index (χ3v) is 5.61. The Morgan fingerprint density at radius 3 is 2.24 bits per heavy atom. The van der Waals surface area contributed by atoms with E-state index in [0.29, 0.717) is 17.0 Å². The van der Waals surface area contributed by atoms with E-state index in [-0.39, 0.29) is 16.1 Å². The molecule has 3 rings (SSSR count). The van der Waals surface area contributed by atoms with Gasteiger partial charge in [-0.1, -0.05) is 12.1 Å². The van der Waals surface area contributed by atoms with Crippen LogP contribution in [0.3, 0.4) is 0 Å². The van der Waals surface area contributed by atoms with Crippen LogP contribution in [-0.4, -0.2) is 21.4 Å². The molecule has 1 amide bonds. The predicted molar refractivity (Wildman–Crippen MR) is 109 cm³/mol. The quantitative estimate of drug-likeness (QED) is 0.633. The van der Waals surface area contributed by atoms with E-state index >= 15 is 0 Å². The molecule has 0 radical (unpaired) electrons. The highest BCUT2D eigenvalue weighted by atomic mass is 32.2. The topological polar surface area (TPSA) is 84.5 Å². The Morgan fingerprint density at radius 2 is 1.62 bits per heavy atom. The van der Waals surface area contributed by atoms with Gasteiger partial charge in [0, 0.05) is 5.56 Å². The molecule has 0 aliphatic heterocycles. The zero-order chi connectivity index (χ0) is 21.0. The third kappa shape index (κ3) is 4.72. The Morgan fingerprint density at radius 1 is 0.966 bits per heavy atom. The number of amides is 1. The average molecular weight is 414 g/mol. The van der Waals surface area contributed by atoms with Gasteiger partial charge in [-0.05, 0) is 67.1 Å². The molecule has 29 heavy (non-hydrogen) atoms. The molecule has 3 aromatic carbocycles. The van der Waals surface area contributed by atoms with Crippen molar-refractivity contribution in [3.63, 3.8) is 0 Å². The van der Waals surface area contributed by atoms with Gasteiger partial charge in [-0.25, -0.2) is 12.8 Å². The number of hydrogen-bond acceptors (Lipinski definition) is 4. The summed E-state index contributed by atoms with van der Waals surface area (Å²) in [6, 6.07) is 16.0. The molecule has 0 fully saturated rings. The van der Waals surface area contributed by atoms with E-state index in [1.165, 1.54) is 43.5 Å². The molecular weight excluding hydrogens is 395 g/mol. The van der Waals surface area contributed by atoms with E-state index in [1.54, 1.807) is 37.3 Å². The minimum atomic E-state index is -3.89. The minimum Gasteiger partial charge on any atom is -0.497 e. The number of anilines is 2. The lowest BCUT2D eigenvalue weighted by atomic mass is 10.1. The standard InChI is InChI=1S/C21H19FN2O4S/c1-14-4-3-5-19(20(14)23-21(25)15-6-8-16(22)9-7-15)24-29(26,27)18-12-10-17(28-2)11-13-18/h3-13,24H,1-2H3,(H,23,25). The van der Waals surface area contributed by atoms with Gasteiger partial charge in [0.05, 0.1) is 23.4 Å². The highest BCUT2D eigenvalue weighted by Gasteiger charge is 2.18. The molecule has 0 aromatic heterocycles. The van der Waals surface area contributed by atoms with Gasteiger partial charge in [-0.15, -0.1) is 0 Å². The molecular formula is C21H19FN2O4S. The maximum atomic E-state index is 13.1. The summed E-state index contributed by atoms with van der Waals surface area (Å²) in [5.74, 6) is -0.402. The fourth-order valence-electron chi connectivity index (χ4n) is 2.66. The maximum Gasteiger partial charge on any atom is 0.261 e. The molecule has 0 aliphatic carbocycles. The van der Waals surface area contributed by atoms with Crippen LogP contribution in [0, 0.1) is 12.7 Å². The number of carbonyl (C=O) groups is 1. The second-order valence-corrected chi connectivity index (χ2v) is 7.92. The zero-order valence-electron chi connectivity index (χ0n) is 15.8. The number of halogens is 1. The zero-order valence-corrected chi connectivity index (χ0v) is 16.6. The molecule has 0 atom stereocenters. The summed E-state index contributed by atoms with van der Waals surface area (Å²) in [6.07, 6.45) is 0. The number of sulfonamides is 1. The number of benzene rings is 3. The van der Waals surface area contributed by atoms with Crippen LogP contribution in [0.5, 0.6) is 5.75 Å². The summed E-state index contributed by atoms with van der Waals surface area (Å²) in [7, 11) is -2.40. The molecule has 0 bridgehead atoms. The van der Waals surface area contributed by atoms with E-state index in [9.17, 15) is 17.6 Å². The van der Waals surface area contributed by atoms with Crippen molar-refractivity contribution in [3.05, 3.63) is 83.7 Å². The fourth-order valence-corrected chi connectivity index (χ4v) is 3.74. The third-order valence-electron chi connectivity index (χ3n) is 4.23. The van der Waals surface area contributed by atoms with Crippen LogP contribution in [0.15, 0.2) is 71.6 Å². The second-order valence-electron chi connectivity index (χ2n) is 6.24. The highest BCUT2D eigenvalue weighted by molar-refractivity contribution is 7.92. The van der Waals surface area contributed by atoms with Crippen molar-refractivity contribution in [2.75, 3.05) is 17.1 Å². The molecule has 0 spiro atoms. The molecule has 0 saturated heterocycles. The number of aryl methyl sites for hydroxylation is 1. The van der Waals surface area contributed by atoms with Crippen LogP contribution < -0.4 is 14.8 Å². The summed E-state index contributed by atoms with van der Waals surface area (Å²) < 4.78 is 46.1. The molecule has 0 unspecified atom stereocenters. The molecule has 0 saturated carbocycles. The van der Waals surface area contributed by atoms with Gasteiger partial charge >= 0.3 is 0 Å². The van der Waals surface area contributed by atoms with Gasteiger partial charge in [0.15, 0.2) is 0 Å². The number of rotatable bonds is 6. The lowest BCUT2D eigenvalue weighted by Gasteiger charge is -2.16. The van der Waals surface area contributed by atoms with E-state index in [1.807, 2.05) is 0 Å². The Labute approximate surface area is 168 Å². The summed E-state index contributed by atoms with van der Waals surface area (Å²) in [5.41, 5.74) is 1.45. The van der Waals surface area contributed by atoms with Crippen LogP contribution in [0.2, 0.25) is 0 Å². The first-order valence-electron chi connectivity index (χ1n) is 8.63. The summed E-state index contributed by atoms with van der Waals surface area (Å²) in [5, 5.41) is 2.70. The second kappa shape index (κ2) is 8.32. The Hall–Kier alpha value is -3.39. The number of para-hydroxylation sites is 1. The van der Waals surface area contributed by atoms with Crippen LogP contribution in [0.1, 0.15) is 15.9 Å². The lowest BCUT2D eigenvalue weighted by Crippen LogP contribution is -2.18. The van der Waals surface area contributed by atoms with Gasteiger partial charge in [0.25, 0.3) is 15.9 Å². The first-order valence-corrected chi connectivity index (χ1v) is 10.1. The number of ether oxygens (including phenoxy) is 1. The van der Waals surface area contributed by atoms with Crippen molar-refractivity contribution in [1.82, 2.24) is 0 Å². The van der Waals surface area contributed by atoms with Crippen LogP contribution >= 0.6 is 0 Å². The first kappa shape index (κ1) is 20.3. The van der Waals surface area contributed by atoms with Crippen molar-refractivity contribution in [2.45, 2.75) is 11.8 Å². The van der Waals surface area contributed by atoms with E-state index in [2.05, 4.69) is 10.0 Å². The van der Waals surface area contributed by atoms with Gasteiger partial charge in [-0.2, -0.15) is 0 Å². The molecule has 2 N–H and O–H groups in total. The molecule has 6 nitrogen and oxygen atoms in total. The van der Waals surface area contributed by atoms with Crippen LogP contribution in [0.25, 0.3) is 0 Å². The normalized spacial score (nSPS) is 11.0. The SMILES string of the molecule is COc1ccc(S(=O)(=O)Nc2cccc(C)c2NC(=O)c2ccc(F)cc2)cc1. The van der Waals surface area contributed by atoms with Crippen molar-refractivity contribution in [3.8, 4) is 5.75 Å². The molecule has 8 heteroatoms. The number of methoxy groups -OCH3 is 1. The molecule has 0 heterocycles. The van der Waals surface area contributed by atoms with Crippen molar-refractivity contribution in [2.24, 2.45) is 0 Å². The van der Waals surface area contributed by atoms with Crippen LogP contribution in [0.4, 0.5) is 15.8 Å². The molecule has 0 aliphatic rings. The maximum absolute atomic E-state index is 13.1. The summed E-state index contributed by atoms with van der Waals surface area (Å²) >= 11 is 0. The smallest absolute Gasteiger partial charge is 0.261 e. The number of nitrogens with one attached hydrogen (secondary N) is 2. The van der Waals surface area contributed by atoms with Gasteiger partial charge in [0.2, 0.25) is 0 Å². The van der Waals surface area contributed by atoms with Crippen molar-refractivity contribution in [1.29, 1.82) is 0 Å². The first-order chi connectivity index (χ1) is 13.8.